The van der Waals surface area contributed by atoms with Crippen LogP contribution >= 0.6 is 0 Å². The largest absolute Gasteiger partial charge is 0.372 e. The van der Waals surface area contributed by atoms with Gasteiger partial charge in [-0.1, -0.05) is 38.7 Å². The molecule has 1 fully saturated rings. The zero-order valence-corrected chi connectivity index (χ0v) is 14.3. The summed E-state index contributed by atoms with van der Waals surface area (Å²) in [7, 11) is 0. The van der Waals surface area contributed by atoms with E-state index in [1.165, 1.54) is 25.7 Å². The minimum atomic E-state index is -0.0558. The molecule has 0 radical (unpaired) electrons. The van der Waals surface area contributed by atoms with E-state index in [2.05, 4.69) is 31.7 Å². The molecule has 0 amide bonds. The highest BCUT2D eigenvalue weighted by Crippen LogP contribution is 2.23. The lowest BCUT2D eigenvalue weighted by atomic mass is 10.0. The number of hydrogen-bond donors (Lipinski definition) is 0. The van der Waals surface area contributed by atoms with Crippen LogP contribution in [0.1, 0.15) is 58.4 Å². The van der Waals surface area contributed by atoms with Crippen molar-refractivity contribution in [2.45, 2.75) is 71.5 Å². The number of halogens is 1. The van der Waals surface area contributed by atoms with Crippen molar-refractivity contribution >= 4 is 5.69 Å². The summed E-state index contributed by atoms with van der Waals surface area (Å²) in [4.78, 5) is 2.23. The summed E-state index contributed by atoms with van der Waals surface area (Å²) in [5.74, 6) is -0.0558. The summed E-state index contributed by atoms with van der Waals surface area (Å²) < 4.78 is 20.1. The van der Waals surface area contributed by atoms with E-state index in [1.807, 2.05) is 6.07 Å². The van der Waals surface area contributed by atoms with Gasteiger partial charge in [-0.3, -0.25) is 0 Å². The zero-order valence-electron chi connectivity index (χ0n) is 14.3. The molecule has 0 aromatic heterocycles. The van der Waals surface area contributed by atoms with Gasteiger partial charge in [-0.05, 0) is 44.4 Å². The van der Waals surface area contributed by atoms with Gasteiger partial charge in [0, 0.05) is 18.8 Å². The van der Waals surface area contributed by atoms with Crippen molar-refractivity contribution in [2.75, 3.05) is 18.0 Å². The van der Waals surface area contributed by atoms with E-state index in [4.69, 9.17) is 4.74 Å². The van der Waals surface area contributed by atoms with Crippen molar-refractivity contribution < 1.29 is 9.13 Å². The first-order valence-corrected chi connectivity index (χ1v) is 8.79. The van der Waals surface area contributed by atoms with Crippen LogP contribution in [0.25, 0.3) is 0 Å². The standard InChI is InChI=1S/C19H30FNO/c1-4-5-6-7-8-9-17-10-11-18(12-19(17)20)21-13-15(2)22-16(3)14-21/h10-12,15-16H,4-9,13-14H2,1-3H3/t15-,16+. The summed E-state index contributed by atoms with van der Waals surface area (Å²) in [6.45, 7) is 8.03. The van der Waals surface area contributed by atoms with E-state index in [-0.39, 0.29) is 18.0 Å². The maximum absolute atomic E-state index is 14.3. The molecule has 22 heavy (non-hydrogen) atoms. The number of rotatable bonds is 7. The van der Waals surface area contributed by atoms with Gasteiger partial charge in [0.1, 0.15) is 5.82 Å². The van der Waals surface area contributed by atoms with Gasteiger partial charge < -0.3 is 9.64 Å². The van der Waals surface area contributed by atoms with Crippen LogP contribution in [0.4, 0.5) is 10.1 Å². The van der Waals surface area contributed by atoms with Crippen molar-refractivity contribution in [1.82, 2.24) is 0 Å². The Hall–Kier alpha value is -1.09. The predicted octanol–water partition coefficient (Wildman–Crippen LogP) is 4.95. The fourth-order valence-corrected chi connectivity index (χ4v) is 3.24. The lowest BCUT2D eigenvalue weighted by Crippen LogP contribution is -2.45. The summed E-state index contributed by atoms with van der Waals surface area (Å²) in [5.41, 5.74) is 1.84. The van der Waals surface area contributed by atoms with Crippen LogP contribution in [0, 0.1) is 5.82 Å². The third-order valence-corrected chi connectivity index (χ3v) is 4.37. The highest BCUT2D eigenvalue weighted by atomic mass is 19.1. The first-order valence-electron chi connectivity index (χ1n) is 8.79. The Labute approximate surface area is 134 Å². The van der Waals surface area contributed by atoms with Gasteiger partial charge in [-0.2, -0.15) is 0 Å². The Kier molecular flexibility index (Phi) is 6.69. The molecular weight excluding hydrogens is 277 g/mol. The molecular formula is C19H30FNO. The highest BCUT2D eigenvalue weighted by molar-refractivity contribution is 5.49. The van der Waals surface area contributed by atoms with Crippen molar-refractivity contribution in [1.29, 1.82) is 0 Å². The van der Waals surface area contributed by atoms with Crippen molar-refractivity contribution in [2.24, 2.45) is 0 Å². The molecule has 1 saturated heterocycles. The second-order valence-corrected chi connectivity index (χ2v) is 6.60. The molecule has 124 valence electrons. The molecule has 0 aliphatic carbocycles. The van der Waals surface area contributed by atoms with Crippen LogP contribution < -0.4 is 4.90 Å². The van der Waals surface area contributed by atoms with Gasteiger partial charge in [0.15, 0.2) is 0 Å². The quantitative estimate of drug-likeness (QED) is 0.661. The van der Waals surface area contributed by atoms with Gasteiger partial charge in [0.05, 0.1) is 12.2 Å². The number of benzene rings is 1. The Morgan fingerprint density at radius 3 is 2.41 bits per heavy atom. The summed E-state index contributed by atoms with van der Waals surface area (Å²) in [6.07, 6.45) is 7.34. The molecule has 3 heteroatoms. The van der Waals surface area contributed by atoms with Crippen LogP contribution in [0.5, 0.6) is 0 Å². The maximum Gasteiger partial charge on any atom is 0.128 e. The molecule has 1 aromatic rings. The number of anilines is 1. The molecule has 1 heterocycles. The third kappa shape index (κ3) is 4.98. The Bertz CT molecular complexity index is 453. The Morgan fingerprint density at radius 1 is 1.09 bits per heavy atom. The van der Waals surface area contributed by atoms with Crippen LogP contribution in [-0.4, -0.2) is 25.3 Å². The van der Waals surface area contributed by atoms with Gasteiger partial charge in [0.25, 0.3) is 0 Å². The van der Waals surface area contributed by atoms with E-state index in [1.54, 1.807) is 6.07 Å². The maximum atomic E-state index is 14.3. The lowest BCUT2D eigenvalue weighted by Gasteiger charge is -2.37. The molecule has 2 atom stereocenters. The number of aryl methyl sites for hydroxylation is 1. The second kappa shape index (κ2) is 8.52. The lowest BCUT2D eigenvalue weighted by molar-refractivity contribution is -0.00523. The fourth-order valence-electron chi connectivity index (χ4n) is 3.24. The van der Waals surface area contributed by atoms with Crippen LogP contribution in [0.2, 0.25) is 0 Å². The third-order valence-electron chi connectivity index (χ3n) is 4.37. The van der Waals surface area contributed by atoms with E-state index in [9.17, 15) is 4.39 Å². The Morgan fingerprint density at radius 2 is 1.77 bits per heavy atom. The minimum absolute atomic E-state index is 0.0558. The molecule has 0 N–H and O–H groups in total. The zero-order chi connectivity index (χ0) is 15.9. The molecule has 0 spiro atoms. The number of nitrogens with zero attached hydrogens (tertiary/aromatic N) is 1. The van der Waals surface area contributed by atoms with E-state index in [0.29, 0.717) is 0 Å². The SMILES string of the molecule is CCCCCCCc1ccc(N2C[C@@H](C)O[C@@H](C)C2)cc1F. The molecule has 0 unspecified atom stereocenters. The topological polar surface area (TPSA) is 12.5 Å². The number of hydrogen-bond acceptors (Lipinski definition) is 2. The summed E-state index contributed by atoms with van der Waals surface area (Å²) >= 11 is 0. The molecule has 1 aliphatic rings. The molecule has 2 nitrogen and oxygen atoms in total. The fraction of sp³-hybridized carbons (Fsp3) is 0.684. The van der Waals surface area contributed by atoms with Gasteiger partial charge in [0.2, 0.25) is 0 Å². The van der Waals surface area contributed by atoms with E-state index in [0.717, 1.165) is 37.2 Å². The minimum Gasteiger partial charge on any atom is -0.372 e. The molecule has 2 rings (SSSR count). The van der Waals surface area contributed by atoms with Crippen molar-refractivity contribution in [3.05, 3.63) is 29.6 Å². The van der Waals surface area contributed by atoms with Gasteiger partial charge in [-0.25, -0.2) is 4.39 Å². The monoisotopic (exact) mass is 307 g/mol. The first-order chi connectivity index (χ1) is 10.6. The van der Waals surface area contributed by atoms with Gasteiger partial charge in [-0.15, -0.1) is 0 Å². The van der Waals surface area contributed by atoms with Crippen molar-refractivity contribution in [3.8, 4) is 0 Å². The van der Waals surface area contributed by atoms with Crippen LogP contribution in [0.15, 0.2) is 18.2 Å². The van der Waals surface area contributed by atoms with Crippen LogP contribution in [0.3, 0.4) is 0 Å². The predicted molar refractivity (Wildman–Crippen MR) is 91.1 cm³/mol. The molecule has 1 aliphatic heterocycles. The van der Waals surface area contributed by atoms with E-state index < -0.39 is 0 Å². The average Bonchev–Trinajstić information content (AvgIpc) is 2.47. The summed E-state index contributed by atoms with van der Waals surface area (Å²) in [6, 6.07) is 5.73. The van der Waals surface area contributed by atoms with E-state index >= 15 is 0 Å². The average molecular weight is 307 g/mol. The van der Waals surface area contributed by atoms with Crippen LogP contribution in [-0.2, 0) is 11.2 Å². The normalized spacial score (nSPS) is 22.1. The first kappa shape index (κ1) is 17.3. The number of ether oxygens (including phenoxy) is 1. The molecule has 0 saturated carbocycles. The Balaban J connectivity index is 1.91. The second-order valence-electron chi connectivity index (χ2n) is 6.60. The number of unbranched alkanes of at least 4 members (excludes halogenated alkanes) is 4. The molecule has 0 bridgehead atoms. The van der Waals surface area contributed by atoms with Crippen molar-refractivity contribution in [3.63, 3.8) is 0 Å². The summed E-state index contributed by atoms with van der Waals surface area (Å²) in [5, 5.41) is 0. The number of morpholine rings is 1. The van der Waals surface area contributed by atoms with Gasteiger partial charge >= 0.3 is 0 Å². The smallest absolute Gasteiger partial charge is 0.128 e. The molecule has 1 aromatic carbocycles. The highest BCUT2D eigenvalue weighted by Gasteiger charge is 2.22.